The predicted octanol–water partition coefficient (Wildman–Crippen LogP) is 4.71. The Labute approximate surface area is 188 Å². The van der Waals surface area contributed by atoms with E-state index in [2.05, 4.69) is 57.7 Å². The molecule has 4 heterocycles. The molecule has 1 atom stereocenters. The summed E-state index contributed by atoms with van der Waals surface area (Å²) in [5.41, 5.74) is 5.58. The average Bonchev–Trinajstić information content (AvgIpc) is 3.44. The van der Waals surface area contributed by atoms with Gasteiger partial charge in [0.2, 0.25) is 0 Å². The number of rotatable bonds is 6. The number of benzene rings is 1. The number of imidazole rings is 1. The number of hydrogen-bond donors (Lipinski definition) is 0. The van der Waals surface area contributed by atoms with Gasteiger partial charge in [0.15, 0.2) is 0 Å². The van der Waals surface area contributed by atoms with E-state index in [1.54, 1.807) is 14.2 Å². The van der Waals surface area contributed by atoms with Crippen LogP contribution in [0.3, 0.4) is 0 Å². The second kappa shape index (κ2) is 8.63. The first-order valence-corrected chi connectivity index (χ1v) is 11.0. The van der Waals surface area contributed by atoms with Gasteiger partial charge in [0, 0.05) is 37.1 Å². The predicted molar refractivity (Wildman–Crippen MR) is 125 cm³/mol. The van der Waals surface area contributed by atoms with Crippen molar-refractivity contribution in [2.75, 3.05) is 27.3 Å². The van der Waals surface area contributed by atoms with Crippen molar-refractivity contribution in [1.29, 1.82) is 0 Å². The third-order valence-corrected chi connectivity index (χ3v) is 6.39. The van der Waals surface area contributed by atoms with Gasteiger partial charge in [0.25, 0.3) is 0 Å². The number of methoxy groups -OCH3 is 2. The number of likely N-dealkylation sites (tertiary alicyclic amines) is 1. The maximum Gasteiger partial charge on any atom is 0.131 e. The summed E-state index contributed by atoms with van der Waals surface area (Å²) in [5, 5.41) is 0. The van der Waals surface area contributed by atoms with Gasteiger partial charge >= 0.3 is 0 Å². The number of aryl methyl sites for hydroxylation is 1. The summed E-state index contributed by atoms with van der Waals surface area (Å²) in [7, 11) is 3.34. The van der Waals surface area contributed by atoms with Crippen LogP contribution in [0.4, 0.5) is 0 Å². The molecular weight excluding hydrogens is 400 g/mol. The first kappa shape index (κ1) is 20.5. The molecule has 0 spiro atoms. The minimum absolute atomic E-state index is 0.482. The highest BCUT2D eigenvalue weighted by Gasteiger charge is 2.25. The lowest BCUT2D eigenvalue weighted by molar-refractivity contribution is 0.324. The van der Waals surface area contributed by atoms with Crippen LogP contribution in [0.1, 0.15) is 29.4 Å². The maximum atomic E-state index is 5.59. The van der Waals surface area contributed by atoms with Gasteiger partial charge in [-0.2, -0.15) is 0 Å². The Morgan fingerprint density at radius 3 is 2.81 bits per heavy atom. The third-order valence-electron chi connectivity index (χ3n) is 6.39. The summed E-state index contributed by atoms with van der Waals surface area (Å²) in [6.45, 7) is 5.03. The summed E-state index contributed by atoms with van der Waals surface area (Å²) in [4.78, 5) is 12.0. The summed E-state index contributed by atoms with van der Waals surface area (Å²) in [5.74, 6) is 3.06. The van der Waals surface area contributed by atoms with Crippen molar-refractivity contribution in [3.8, 4) is 22.8 Å². The van der Waals surface area contributed by atoms with E-state index in [0.717, 1.165) is 60.3 Å². The van der Waals surface area contributed by atoms with Crippen LogP contribution < -0.4 is 9.47 Å². The molecule has 0 radical (unpaired) electrons. The third kappa shape index (κ3) is 3.82. The van der Waals surface area contributed by atoms with Gasteiger partial charge in [-0.15, -0.1) is 0 Å². The first-order valence-electron chi connectivity index (χ1n) is 11.0. The van der Waals surface area contributed by atoms with E-state index < -0.39 is 0 Å². The van der Waals surface area contributed by atoms with Gasteiger partial charge in [0.05, 0.1) is 31.1 Å². The van der Waals surface area contributed by atoms with Crippen LogP contribution in [0.2, 0.25) is 0 Å². The van der Waals surface area contributed by atoms with Crippen molar-refractivity contribution < 1.29 is 9.47 Å². The largest absolute Gasteiger partial charge is 0.497 e. The van der Waals surface area contributed by atoms with Crippen LogP contribution in [-0.4, -0.2) is 46.6 Å². The van der Waals surface area contributed by atoms with E-state index in [9.17, 15) is 0 Å². The van der Waals surface area contributed by atoms with Gasteiger partial charge in [-0.05, 0) is 67.8 Å². The second-order valence-electron chi connectivity index (χ2n) is 8.32. The van der Waals surface area contributed by atoms with Gasteiger partial charge in [-0.25, -0.2) is 4.98 Å². The minimum Gasteiger partial charge on any atom is -0.497 e. The molecule has 5 rings (SSSR count). The van der Waals surface area contributed by atoms with Gasteiger partial charge in [-0.3, -0.25) is 9.88 Å². The standard InChI is InChI=1S/C26H28N4O2/c1-18-28-24(25-6-4-5-12-30(18)25)17-29-13-10-20(16-29)19-9-11-27-23(14-19)22-8-7-21(31-2)15-26(22)32-3/h4-9,11-12,14-15,20H,10,13,16-17H2,1-3H3/t20-/m0/s1. The lowest BCUT2D eigenvalue weighted by atomic mass is 9.97. The van der Waals surface area contributed by atoms with Gasteiger partial charge in [-0.1, -0.05) is 6.07 Å². The molecule has 1 aromatic carbocycles. The van der Waals surface area contributed by atoms with E-state index in [-0.39, 0.29) is 0 Å². The van der Waals surface area contributed by atoms with Crippen molar-refractivity contribution in [3.05, 3.63) is 78.0 Å². The number of pyridine rings is 2. The van der Waals surface area contributed by atoms with Crippen LogP contribution in [-0.2, 0) is 6.54 Å². The Kier molecular flexibility index (Phi) is 5.53. The van der Waals surface area contributed by atoms with Gasteiger partial charge in [0.1, 0.15) is 17.3 Å². The van der Waals surface area contributed by atoms with Crippen LogP contribution >= 0.6 is 0 Å². The molecule has 32 heavy (non-hydrogen) atoms. The molecule has 6 nitrogen and oxygen atoms in total. The monoisotopic (exact) mass is 428 g/mol. The zero-order chi connectivity index (χ0) is 22.1. The Balaban J connectivity index is 1.35. The highest BCUT2D eigenvalue weighted by Crippen LogP contribution is 2.35. The molecule has 0 bridgehead atoms. The zero-order valence-corrected chi connectivity index (χ0v) is 18.8. The lowest BCUT2D eigenvalue weighted by Gasteiger charge is -2.16. The number of ether oxygens (including phenoxy) is 2. The first-order chi connectivity index (χ1) is 15.7. The lowest BCUT2D eigenvalue weighted by Crippen LogP contribution is -2.20. The van der Waals surface area contributed by atoms with E-state index in [0.29, 0.717) is 5.92 Å². The number of aromatic nitrogens is 3. The molecule has 6 heteroatoms. The molecule has 1 fully saturated rings. The molecular formula is C26H28N4O2. The van der Waals surface area contributed by atoms with Crippen molar-refractivity contribution in [2.45, 2.75) is 25.8 Å². The average molecular weight is 429 g/mol. The Morgan fingerprint density at radius 2 is 1.97 bits per heavy atom. The smallest absolute Gasteiger partial charge is 0.131 e. The number of nitrogens with zero attached hydrogens (tertiary/aromatic N) is 4. The van der Waals surface area contributed by atoms with Crippen molar-refractivity contribution >= 4 is 5.52 Å². The molecule has 0 unspecified atom stereocenters. The summed E-state index contributed by atoms with van der Waals surface area (Å²) < 4.78 is 13.1. The highest BCUT2D eigenvalue weighted by molar-refractivity contribution is 5.69. The zero-order valence-electron chi connectivity index (χ0n) is 18.8. The quantitative estimate of drug-likeness (QED) is 0.445. The molecule has 3 aromatic heterocycles. The molecule has 1 aliphatic heterocycles. The summed E-state index contributed by atoms with van der Waals surface area (Å²) in [6.07, 6.45) is 5.12. The maximum absolute atomic E-state index is 5.59. The second-order valence-corrected chi connectivity index (χ2v) is 8.32. The van der Waals surface area contributed by atoms with Crippen LogP contribution in [0, 0.1) is 6.92 Å². The van der Waals surface area contributed by atoms with E-state index in [1.807, 2.05) is 24.4 Å². The van der Waals surface area contributed by atoms with E-state index >= 15 is 0 Å². The van der Waals surface area contributed by atoms with Crippen LogP contribution in [0.5, 0.6) is 11.5 Å². The highest BCUT2D eigenvalue weighted by atomic mass is 16.5. The van der Waals surface area contributed by atoms with Crippen LogP contribution in [0.15, 0.2) is 60.9 Å². The Hall–Kier alpha value is -3.38. The van der Waals surface area contributed by atoms with E-state index in [1.165, 1.54) is 11.1 Å². The summed E-state index contributed by atoms with van der Waals surface area (Å²) in [6, 6.07) is 16.5. The van der Waals surface area contributed by atoms with Crippen LogP contribution in [0.25, 0.3) is 16.8 Å². The molecule has 0 N–H and O–H groups in total. The molecule has 0 saturated carbocycles. The Bertz CT molecular complexity index is 1250. The fourth-order valence-corrected chi connectivity index (χ4v) is 4.70. The topological polar surface area (TPSA) is 51.9 Å². The summed E-state index contributed by atoms with van der Waals surface area (Å²) >= 11 is 0. The number of fused-ring (bicyclic) bond motifs is 1. The van der Waals surface area contributed by atoms with Crippen molar-refractivity contribution in [1.82, 2.24) is 19.3 Å². The normalized spacial score (nSPS) is 16.5. The van der Waals surface area contributed by atoms with Crippen molar-refractivity contribution in [2.24, 2.45) is 0 Å². The van der Waals surface area contributed by atoms with E-state index in [4.69, 9.17) is 14.5 Å². The Morgan fingerprint density at radius 1 is 1.06 bits per heavy atom. The fraction of sp³-hybridized carbons (Fsp3) is 0.308. The minimum atomic E-state index is 0.482. The SMILES string of the molecule is COc1ccc(-c2cc([C@H]3CCN(Cc4nc(C)n5ccccc45)C3)ccn2)c(OC)c1. The molecule has 0 aliphatic carbocycles. The molecule has 0 amide bonds. The number of hydrogen-bond acceptors (Lipinski definition) is 5. The van der Waals surface area contributed by atoms with Gasteiger partial charge < -0.3 is 13.9 Å². The molecule has 164 valence electrons. The molecule has 4 aromatic rings. The fourth-order valence-electron chi connectivity index (χ4n) is 4.70. The van der Waals surface area contributed by atoms with Crippen molar-refractivity contribution in [3.63, 3.8) is 0 Å². The molecule has 1 aliphatic rings. The molecule has 1 saturated heterocycles.